The van der Waals surface area contributed by atoms with Gasteiger partial charge in [0.2, 0.25) is 15.9 Å². The minimum atomic E-state index is -3.63. The van der Waals surface area contributed by atoms with Gasteiger partial charge in [0.1, 0.15) is 5.75 Å². The average molecular weight is 417 g/mol. The zero-order chi connectivity index (χ0) is 18.6. The number of hydrogen-bond donors (Lipinski definition) is 2. The van der Waals surface area contributed by atoms with Crippen LogP contribution in [0.4, 0.5) is 0 Å². The Labute approximate surface area is 167 Å². The molecule has 3 rings (SSSR count). The molecule has 0 bridgehead atoms. The molecule has 1 aliphatic carbocycles. The number of aromatic nitrogens is 1. The van der Waals surface area contributed by atoms with Gasteiger partial charge in [-0.05, 0) is 43.2 Å². The maximum Gasteiger partial charge on any atom is 0.239 e. The molecule has 1 amide bonds. The number of halogens is 1. The van der Waals surface area contributed by atoms with Crippen molar-refractivity contribution in [3.05, 3.63) is 30.1 Å². The molecule has 1 aliphatic heterocycles. The third kappa shape index (κ3) is 6.14. The van der Waals surface area contributed by atoms with Gasteiger partial charge in [-0.25, -0.2) is 13.1 Å². The van der Waals surface area contributed by atoms with Crippen LogP contribution in [0.1, 0.15) is 44.2 Å². The maximum atomic E-state index is 12.7. The molecule has 7 nitrogen and oxygen atoms in total. The molecule has 0 aromatic carbocycles. The zero-order valence-corrected chi connectivity index (χ0v) is 17.3. The van der Waals surface area contributed by atoms with Crippen LogP contribution in [0.3, 0.4) is 0 Å². The van der Waals surface area contributed by atoms with Crippen molar-refractivity contribution >= 4 is 28.3 Å². The van der Waals surface area contributed by atoms with Crippen LogP contribution in [0.2, 0.25) is 0 Å². The molecule has 9 heteroatoms. The van der Waals surface area contributed by atoms with Crippen molar-refractivity contribution in [1.82, 2.24) is 19.9 Å². The standard InChI is InChI=1S/C18H28N4O3S.ClH/c1-14-4-6-16(7-5-14)21-26(24,25)13-18(23)22-10-9-20-12-17(22)15-3-2-8-19-11-15;/h2-3,8,11,14,16-17,20-21H,4-7,9-10,12-13H2,1H3;1H. The number of nitrogens with one attached hydrogen (secondary N) is 2. The maximum absolute atomic E-state index is 12.7. The highest BCUT2D eigenvalue weighted by atomic mass is 35.5. The monoisotopic (exact) mass is 416 g/mol. The Morgan fingerprint density at radius 2 is 2.07 bits per heavy atom. The summed E-state index contributed by atoms with van der Waals surface area (Å²) < 4.78 is 27.7. The number of piperazine rings is 1. The van der Waals surface area contributed by atoms with Crippen molar-refractivity contribution in [2.75, 3.05) is 25.4 Å². The SMILES string of the molecule is CC1CCC(NS(=O)(=O)CC(=O)N2CCNCC2c2cccnc2)CC1.Cl. The molecule has 27 heavy (non-hydrogen) atoms. The summed E-state index contributed by atoms with van der Waals surface area (Å²) in [5.74, 6) is -0.189. The first-order valence-corrected chi connectivity index (χ1v) is 11.0. The molecule has 2 aliphatic rings. The van der Waals surface area contributed by atoms with Gasteiger partial charge in [0.05, 0.1) is 6.04 Å². The van der Waals surface area contributed by atoms with Crippen LogP contribution >= 0.6 is 12.4 Å². The van der Waals surface area contributed by atoms with E-state index in [0.717, 1.165) is 31.2 Å². The Morgan fingerprint density at radius 1 is 1.33 bits per heavy atom. The van der Waals surface area contributed by atoms with Gasteiger partial charge in [-0.15, -0.1) is 12.4 Å². The van der Waals surface area contributed by atoms with Crippen LogP contribution < -0.4 is 10.0 Å². The minimum Gasteiger partial charge on any atom is -0.332 e. The smallest absolute Gasteiger partial charge is 0.239 e. The minimum absolute atomic E-state index is 0. The number of amides is 1. The van der Waals surface area contributed by atoms with E-state index in [4.69, 9.17) is 0 Å². The predicted molar refractivity (Wildman–Crippen MR) is 107 cm³/mol. The van der Waals surface area contributed by atoms with Gasteiger partial charge in [-0.3, -0.25) is 9.78 Å². The lowest BCUT2D eigenvalue weighted by molar-refractivity contribution is -0.131. The van der Waals surface area contributed by atoms with Crippen molar-refractivity contribution < 1.29 is 13.2 Å². The van der Waals surface area contributed by atoms with Gasteiger partial charge in [-0.1, -0.05) is 13.0 Å². The molecular weight excluding hydrogens is 388 g/mol. The molecule has 0 radical (unpaired) electrons. The molecule has 1 aromatic heterocycles. The second-order valence-electron chi connectivity index (χ2n) is 7.43. The lowest BCUT2D eigenvalue weighted by atomic mass is 9.88. The molecule has 0 spiro atoms. The molecule has 1 saturated heterocycles. The number of nitrogens with zero attached hydrogens (tertiary/aromatic N) is 2. The number of carbonyl (C=O) groups excluding carboxylic acids is 1. The summed E-state index contributed by atoms with van der Waals surface area (Å²) in [6.45, 7) is 3.95. The zero-order valence-electron chi connectivity index (χ0n) is 15.6. The van der Waals surface area contributed by atoms with Gasteiger partial charge in [0.15, 0.2) is 0 Å². The largest absolute Gasteiger partial charge is 0.332 e. The highest BCUT2D eigenvalue weighted by Crippen LogP contribution is 2.24. The molecule has 1 saturated carbocycles. The summed E-state index contributed by atoms with van der Waals surface area (Å²) in [4.78, 5) is 18.5. The molecular formula is C18H29ClN4O3S. The molecule has 152 valence electrons. The fourth-order valence-electron chi connectivity index (χ4n) is 3.79. The van der Waals surface area contributed by atoms with E-state index in [0.29, 0.717) is 25.6 Å². The highest BCUT2D eigenvalue weighted by Gasteiger charge is 2.32. The first-order valence-electron chi connectivity index (χ1n) is 9.35. The molecule has 1 atom stereocenters. The van der Waals surface area contributed by atoms with Crippen LogP contribution in [0.15, 0.2) is 24.5 Å². The van der Waals surface area contributed by atoms with E-state index in [1.54, 1.807) is 17.3 Å². The summed E-state index contributed by atoms with van der Waals surface area (Å²) in [6, 6.07) is 3.52. The van der Waals surface area contributed by atoms with Gasteiger partial charge >= 0.3 is 0 Å². The molecule has 1 aromatic rings. The molecule has 2 fully saturated rings. The lowest BCUT2D eigenvalue weighted by Gasteiger charge is -2.36. The van der Waals surface area contributed by atoms with Crippen molar-refractivity contribution in [2.45, 2.75) is 44.7 Å². The number of pyridine rings is 1. The number of rotatable bonds is 5. The Balaban J connectivity index is 0.00000261. The fraction of sp³-hybridized carbons (Fsp3) is 0.667. The van der Waals surface area contributed by atoms with Crippen LogP contribution in [0.25, 0.3) is 0 Å². The summed E-state index contributed by atoms with van der Waals surface area (Å²) >= 11 is 0. The van der Waals surface area contributed by atoms with E-state index in [9.17, 15) is 13.2 Å². The van der Waals surface area contributed by atoms with Crippen molar-refractivity contribution in [3.63, 3.8) is 0 Å². The van der Waals surface area contributed by atoms with Gasteiger partial charge in [-0.2, -0.15) is 0 Å². The first kappa shape index (κ1) is 22.1. The van der Waals surface area contributed by atoms with E-state index in [-0.39, 0.29) is 30.4 Å². The summed E-state index contributed by atoms with van der Waals surface area (Å²) in [7, 11) is -3.63. The van der Waals surface area contributed by atoms with Gasteiger partial charge in [0, 0.05) is 38.1 Å². The van der Waals surface area contributed by atoms with Crippen LogP contribution in [0.5, 0.6) is 0 Å². The third-order valence-corrected chi connectivity index (χ3v) is 6.63. The van der Waals surface area contributed by atoms with Crippen molar-refractivity contribution in [1.29, 1.82) is 0 Å². The Morgan fingerprint density at radius 3 is 2.74 bits per heavy atom. The second-order valence-corrected chi connectivity index (χ2v) is 9.18. The van der Waals surface area contributed by atoms with Gasteiger partial charge in [0.25, 0.3) is 0 Å². The predicted octanol–water partition coefficient (Wildman–Crippen LogP) is 1.47. The normalized spacial score (nSPS) is 26.3. The number of carbonyl (C=O) groups is 1. The quantitative estimate of drug-likeness (QED) is 0.758. The van der Waals surface area contributed by atoms with Crippen LogP contribution in [-0.4, -0.2) is 55.6 Å². The topological polar surface area (TPSA) is 91.4 Å². The summed E-state index contributed by atoms with van der Waals surface area (Å²) in [5.41, 5.74) is 0.916. The fourth-order valence-corrected chi connectivity index (χ4v) is 5.11. The Bertz CT molecular complexity index is 709. The van der Waals surface area contributed by atoms with Crippen LogP contribution in [0, 0.1) is 5.92 Å². The molecule has 2 N–H and O–H groups in total. The molecule has 2 heterocycles. The highest BCUT2D eigenvalue weighted by molar-refractivity contribution is 7.90. The van der Waals surface area contributed by atoms with E-state index < -0.39 is 15.8 Å². The third-order valence-electron chi connectivity index (χ3n) is 5.31. The van der Waals surface area contributed by atoms with E-state index >= 15 is 0 Å². The Kier molecular flexibility index (Phi) is 8.03. The van der Waals surface area contributed by atoms with E-state index in [1.807, 2.05) is 12.1 Å². The van der Waals surface area contributed by atoms with Crippen molar-refractivity contribution in [3.8, 4) is 0 Å². The molecule has 1 unspecified atom stereocenters. The average Bonchev–Trinajstić information content (AvgIpc) is 2.64. The number of hydrogen-bond acceptors (Lipinski definition) is 5. The summed E-state index contributed by atoms with van der Waals surface area (Å²) in [5, 5.41) is 3.26. The van der Waals surface area contributed by atoms with E-state index in [1.165, 1.54) is 0 Å². The number of sulfonamides is 1. The van der Waals surface area contributed by atoms with Crippen molar-refractivity contribution in [2.24, 2.45) is 5.92 Å². The van der Waals surface area contributed by atoms with E-state index in [2.05, 4.69) is 21.9 Å². The lowest BCUT2D eigenvalue weighted by Crippen LogP contribution is -2.51. The second kappa shape index (κ2) is 9.82. The Hall–Kier alpha value is -1.22. The summed E-state index contributed by atoms with van der Waals surface area (Å²) in [6.07, 6.45) is 7.17. The first-order chi connectivity index (χ1) is 12.4. The van der Waals surface area contributed by atoms with Crippen LogP contribution in [-0.2, 0) is 14.8 Å². The van der Waals surface area contributed by atoms with Gasteiger partial charge < -0.3 is 10.2 Å².